The van der Waals surface area contributed by atoms with E-state index in [0.717, 1.165) is 37.5 Å². The van der Waals surface area contributed by atoms with Crippen LogP contribution in [0.5, 0.6) is 0 Å². The molecular formula is C23H32F2O. The molecule has 0 aromatic carbocycles. The minimum atomic E-state index is -0.892. The van der Waals surface area contributed by atoms with Gasteiger partial charge in [-0.3, -0.25) is 0 Å². The van der Waals surface area contributed by atoms with Crippen LogP contribution in [-0.2, 0) is 4.74 Å². The summed E-state index contributed by atoms with van der Waals surface area (Å²) in [4.78, 5) is 0. The summed E-state index contributed by atoms with van der Waals surface area (Å²) in [5, 5.41) is 0. The first kappa shape index (κ1) is 19.4. The first-order valence-electron chi connectivity index (χ1n) is 10.6. The lowest BCUT2D eigenvalue weighted by molar-refractivity contribution is 0.223. The van der Waals surface area contributed by atoms with Crippen molar-refractivity contribution in [3.8, 4) is 0 Å². The Morgan fingerprint density at radius 1 is 0.885 bits per heavy atom. The molecule has 0 saturated heterocycles. The molecule has 2 atom stereocenters. The van der Waals surface area contributed by atoms with E-state index in [-0.39, 0.29) is 11.7 Å². The molecule has 0 heterocycles. The molecule has 2 unspecified atom stereocenters. The van der Waals surface area contributed by atoms with Crippen LogP contribution in [0.1, 0.15) is 77.6 Å². The third-order valence-corrected chi connectivity index (χ3v) is 6.43. The van der Waals surface area contributed by atoms with Crippen molar-refractivity contribution in [2.75, 3.05) is 6.61 Å². The number of allylic oxidation sites excluding steroid dienone is 4. The van der Waals surface area contributed by atoms with Gasteiger partial charge in [-0.2, -0.15) is 4.39 Å². The lowest BCUT2D eigenvalue weighted by atomic mass is 9.81. The van der Waals surface area contributed by atoms with Crippen molar-refractivity contribution < 1.29 is 13.5 Å². The lowest BCUT2D eigenvalue weighted by Crippen LogP contribution is -2.14. The number of ether oxygens (including phenoxy) is 1. The summed E-state index contributed by atoms with van der Waals surface area (Å²) in [6.45, 7) is 2.07. The van der Waals surface area contributed by atoms with E-state index in [9.17, 15) is 8.78 Å². The van der Waals surface area contributed by atoms with Crippen molar-refractivity contribution in [1.29, 1.82) is 0 Å². The second-order valence-electron chi connectivity index (χ2n) is 8.04. The van der Waals surface area contributed by atoms with Crippen molar-refractivity contribution >= 4 is 0 Å². The first-order valence-corrected chi connectivity index (χ1v) is 10.6. The smallest absolute Gasteiger partial charge is 0.209 e. The third-order valence-electron chi connectivity index (χ3n) is 6.43. The van der Waals surface area contributed by atoms with Crippen LogP contribution in [0, 0.1) is 17.8 Å². The van der Waals surface area contributed by atoms with E-state index >= 15 is 0 Å². The number of hydrogen-bond donors (Lipinski definition) is 0. The van der Waals surface area contributed by atoms with Gasteiger partial charge in [0.2, 0.25) is 11.6 Å². The SMILES string of the molecule is CCOC1=C=CC=C(C2CCCC(C3CCCCCC3)CC2)C(F)=C1F. The fourth-order valence-electron chi connectivity index (χ4n) is 5.03. The average molecular weight is 363 g/mol. The fraction of sp³-hybridized carbons (Fsp3) is 0.696. The fourth-order valence-corrected chi connectivity index (χ4v) is 5.03. The van der Waals surface area contributed by atoms with Crippen molar-refractivity contribution in [3.63, 3.8) is 0 Å². The molecule has 2 saturated carbocycles. The highest BCUT2D eigenvalue weighted by Gasteiger charge is 2.30. The van der Waals surface area contributed by atoms with Gasteiger partial charge in [-0.15, -0.1) is 0 Å². The maximum Gasteiger partial charge on any atom is 0.209 e. The van der Waals surface area contributed by atoms with Crippen molar-refractivity contribution in [2.45, 2.75) is 77.6 Å². The van der Waals surface area contributed by atoms with Crippen LogP contribution in [0.4, 0.5) is 8.78 Å². The van der Waals surface area contributed by atoms with Crippen molar-refractivity contribution in [3.05, 3.63) is 40.9 Å². The molecule has 0 aliphatic heterocycles. The van der Waals surface area contributed by atoms with Gasteiger partial charge in [0, 0.05) is 0 Å². The zero-order valence-electron chi connectivity index (χ0n) is 16.0. The summed E-state index contributed by atoms with van der Waals surface area (Å²) in [6, 6.07) is 0. The highest BCUT2D eigenvalue weighted by atomic mass is 19.2. The molecular weight excluding hydrogens is 330 g/mol. The van der Waals surface area contributed by atoms with Crippen molar-refractivity contribution in [2.24, 2.45) is 17.8 Å². The summed E-state index contributed by atoms with van der Waals surface area (Å²) in [6.07, 6.45) is 17.0. The Morgan fingerprint density at radius 2 is 1.58 bits per heavy atom. The minimum absolute atomic E-state index is 0.107. The van der Waals surface area contributed by atoms with Gasteiger partial charge in [0.25, 0.3) is 0 Å². The van der Waals surface area contributed by atoms with Crippen LogP contribution in [0.3, 0.4) is 0 Å². The van der Waals surface area contributed by atoms with E-state index in [2.05, 4.69) is 5.73 Å². The molecule has 3 aliphatic carbocycles. The first-order chi connectivity index (χ1) is 12.7. The second kappa shape index (κ2) is 9.55. The number of rotatable bonds is 4. The predicted molar refractivity (Wildman–Crippen MR) is 102 cm³/mol. The number of halogens is 2. The number of hydrogen-bond acceptors (Lipinski definition) is 1. The van der Waals surface area contributed by atoms with E-state index in [1.807, 2.05) is 0 Å². The molecule has 0 amide bonds. The zero-order chi connectivity index (χ0) is 18.4. The second-order valence-corrected chi connectivity index (χ2v) is 8.04. The molecule has 3 rings (SSSR count). The van der Waals surface area contributed by atoms with Crippen LogP contribution < -0.4 is 0 Å². The molecule has 144 valence electrons. The van der Waals surface area contributed by atoms with Gasteiger partial charge in [-0.05, 0) is 61.7 Å². The molecule has 0 aromatic rings. The Kier molecular flexibility index (Phi) is 7.14. The molecule has 1 nitrogen and oxygen atoms in total. The standard InChI is InChI=1S/C23H32F2O/c1-2-26-21-14-8-13-20(22(24)23(21)25)19-12-7-11-18(15-16-19)17-9-5-3-4-6-10-17/h8,13,17-19H,2-7,9-12,15-16H2,1H3. The quantitative estimate of drug-likeness (QED) is 0.376. The summed E-state index contributed by atoms with van der Waals surface area (Å²) in [5.74, 6) is -0.0163. The highest BCUT2D eigenvalue weighted by Crippen LogP contribution is 2.42. The van der Waals surface area contributed by atoms with Gasteiger partial charge in [-0.1, -0.05) is 57.1 Å². The molecule has 0 bridgehead atoms. The third kappa shape index (κ3) is 4.68. The Hall–Kier alpha value is -1.34. The van der Waals surface area contributed by atoms with E-state index in [4.69, 9.17) is 4.74 Å². The molecule has 26 heavy (non-hydrogen) atoms. The molecule has 3 heteroatoms. The molecule has 2 fully saturated rings. The Morgan fingerprint density at radius 3 is 2.31 bits per heavy atom. The van der Waals surface area contributed by atoms with E-state index in [0.29, 0.717) is 12.2 Å². The highest BCUT2D eigenvalue weighted by molar-refractivity contribution is 5.41. The van der Waals surface area contributed by atoms with Crippen LogP contribution in [0.2, 0.25) is 0 Å². The topological polar surface area (TPSA) is 9.23 Å². The zero-order valence-corrected chi connectivity index (χ0v) is 16.0. The molecule has 0 radical (unpaired) electrons. The molecule has 3 aliphatic rings. The van der Waals surface area contributed by atoms with Gasteiger partial charge in [-0.25, -0.2) is 4.39 Å². The maximum absolute atomic E-state index is 14.8. The van der Waals surface area contributed by atoms with Gasteiger partial charge in [0.1, 0.15) is 0 Å². The average Bonchev–Trinajstić information content (AvgIpc) is 3.09. The van der Waals surface area contributed by atoms with Gasteiger partial charge in [0.15, 0.2) is 5.83 Å². The molecule has 0 N–H and O–H groups in total. The summed E-state index contributed by atoms with van der Waals surface area (Å²) in [7, 11) is 0. The van der Waals surface area contributed by atoms with E-state index < -0.39 is 11.7 Å². The maximum atomic E-state index is 14.8. The lowest BCUT2D eigenvalue weighted by Gasteiger charge is -2.25. The summed E-state index contributed by atoms with van der Waals surface area (Å²) >= 11 is 0. The van der Waals surface area contributed by atoms with Gasteiger partial charge in [0.05, 0.1) is 6.61 Å². The largest absolute Gasteiger partial charge is 0.484 e. The molecule has 0 aromatic heterocycles. The van der Waals surface area contributed by atoms with Crippen LogP contribution >= 0.6 is 0 Å². The summed E-state index contributed by atoms with van der Waals surface area (Å²) in [5.41, 5.74) is 3.24. The summed E-state index contributed by atoms with van der Waals surface area (Å²) < 4.78 is 34.4. The Labute approximate surface area is 156 Å². The van der Waals surface area contributed by atoms with Crippen LogP contribution in [0.25, 0.3) is 0 Å². The van der Waals surface area contributed by atoms with Gasteiger partial charge < -0.3 is 4.74 Å². The monoisotopic (exact) mass is 362 g/mol. The molecule has 0 spiro atoms. The van der Waals surface area contributed by atoms with E-state index in [1.54, 1.807) is 19.1 Å². The van der Waals surface area contributed by atoms with Crippen LogP contribution in [-0.4, -0.2) is 6.61 Å². The van der Waals surface area contributed by atoms with E-state index in [1.165, 1.54) is 44.9 Å². The van der Waals surface area contributed by atoms with Gasteiger partial charge >= 0.3 is 0 Å². The Bertz CT molecular complexity index is 602. The predicted octanol–water partition coefficient (Wildman–Crippen LogP) is 7.32. The Balaban J connectivity index is 1.67. The van der Waals surface area contributed by atoms with Crippen molar-refractivity contribution in [1.82, 2.24) is 0 Å². The minimum Gasteiger partial charge on any atom is -0.484 e. The normalized spacial score (nSPS) is 28.7. The van der Waals surface area contributed by atoms with Crippen LogP contribution in [0.15, 0.2) is 40.9 Å².